The number of aromatic nitrogens is 4. The van der Waals surface area contributed by atoms with E-state index >= 15 is 0 Å². The van der Waals surface area contributed by atoms with Gasteiger partial charge in [-0.25, -0.2) is 14.4 Å². The van der Waals surface area contributed by atoms with Crippen LogP contribution in [0.5, 0.6) is 0 Å². The highest BCUT2D eigenvalue weighted by molar-refractivity contribution is 6.33. The Balaban J connectivity index is 1.32. The first kappa shape index (κ1) is 27.9. The molecule has 10 heteroatoms. The molecule has 214 valence electrons. The Labute approximate surface area is 246 Å². The molecule has 0 atom stereocenters. The third-order valence-corrected chi connectivity index (χ3v) is 8.11. The number of halogens is 3. The predicted octanol–water partition coefficient (Wildman–Crippen LogP) is 6.99. The lowest BCUT2D eigenvalue weighted by Gasteiger charge is -2.23. The number of anilines is 2. The van der Waals surface area contributed by atoms with Gasteiger partial charge in [-0.3, -0.25) is 9.36 Å². The Morgan fingerprint density at radius 1 is 1.00 bits per heavy atom. The van der Waals surface area contributed by atoms with Crippen molar-refractivity contribution in [3.63, 3.8) is 0 Å². The van der Waals surface area contributed by atoms with Crippen molar-refractivity contribution >= 4 is 34.3 Å². The maximum atomic E-state index is 15.0. The molecule has 0 spiro atoms. The number of fused-ring (bicyclic) bond motifs is 1. The summed E-state index contributed by atoms with van der Waals surface area (Å²) in [7, 11) is 0. The first-order valence-electron chi connectivity index (χ1n) is 13.9. The summed E-state index contributed by atoms with van der Waals surface area (Å²) in [6.07, 6.45) is 3.46. The number of nitrogens with one attached hydrogen (secondary N) is 2. The second kappa shape index (κ2) is 11.6. The van der Waals surface area contributed by atoms with E-state index in [-0.39, 0.29) is 23.2 Å². The van der Waals surface area contributed by atoms with Crippen molar-refractivity contribution in [2.75, 3.05) is 18.4 Å². The van der Waals surface area contributed by atoms with Crippen LogP contribution in [-0.2, 0) is 6.54 Å². The maximum absolute atomic E-state index is 15.0. The van der Waals surface area contributed by atoms with Gasteiger partial charge in [0.25, 0.3) is 5.56 Å². The molecule has 6 rings (SSSR count). The molecule has 1 fully saturated rings. The van der Waals surface area contributed by atoms with E-state index < -0.39 is 5.95 Å². The van der Waals surface area contributed by atoms with Crippen LogP contribution < -0.4 is 16.2 Å². The van der Waals surface area contributed by atoms with E-state index in [2.05, 4.69) is 25.6 Å². The quantitative estimate of drug-likeness (QED) is 0.209. The van der Waals surface area contributed by atoms with Crippen LogP contribution >= 0.6 is 11.6 Å². The molecular weight excluding hydrogens is 558 g/mol. The minimum absolute atomic E-state index is 0.208. The Bertz CT molecular complexity index is 1870. The molecule has 0 saturated carbocycles. The van der Waals surface area contributed by atoms with Crippen LogP contribution in [0.3, 0.4) is 0 Å². The number of piperidine rings is 1. The predicted molar refractivity (Wildman–Crippen MR) is 162 cm³/mol. The molecule has 4 heterocycles. The molecule has 0 bridgehead atoms. The molecule has 2 aromatic carbocycles. The number of nitrogens with zero attached hydrogens (tertiary/aromatic N) is 4. The molecule has 0 amide bonds. The van der Waals surface area contributed by atoms with Crippen LogP contribution in [0.25, 0.3) is 33.3 Å². The van der Waals surface area contributed by atoms with E-state index in [9.17, 15) is 13.6 Å². The number of aryl methyl sites for hydroxylation is 2. The molecule has 1 aliphatic rings. The van der Waals surface area contributed by atoms with Crippen molar-refractivity contribution in [1.29, 1.82) is 0 Å². The van der Waals surface area contributed by atoms with Gasteiger partial charge in [-0.1, -0.05) is 29.8 Å². The van der Waals surface area contributed by atoms with Gasteiger partial charge in [0.2, 0.25) is 11.9 Å². The summed E-state index contributed by atoms with van der Waals surface area (Å²) in [5.41, 5.74) is 4.50. The summed E-state index contributed by atoms with van der Waals surface area (Å²) in [5.74, 6) is -0.333. The first-order chi connectivity index (χ1) is 20.3. The van der Waals surface area contributed by atoms with Gasteiger partial charge < -0.3 is 10.6 Å². The molecule has 0 aliphatic carbocycles. The van der Waals surface area contributed by atoms with Crippen LogP contribution in [0, 0.1) is 18.7 Å². The summed E-state index contributed by atoms with van der Waals surface area (Å²) < 4.78 is 30.0. The van der Waals surface area contributed by atoms with Gasteiger partial charge >= 0.3 is 0 Å². The number of pyridine rings is 2. The Morgan fingerprint density at radius 3 is 2.50 bits per heavy atom. The van der Waals surface area contributed by atoms with Gasteiger partial charge in [0.05, 0.1) is 0 Å². The summed E-state index contributed by atoms with van der Waals surface area (Å²) in [5, 5.41) is 7.43. The lowest BCUT2D eigenvalue weighted by molar-refractivity contribution is 0.445. The minimum Gasteiger partial charge on any atom is -0.324 e. The number of benzene rings is 2. The lowest BCUT2D eigenvalue weighted by atomic mass is 9.90. The molecule has 0 radical (unpaired) electrons. The lowest BCUT2D eigenvalue weighted by Crippen LogP contribution is -2.27. The second-order valence-corrected chi connectivity index (χ2v) is 10.8. The van der Waals surface area contributed by atoms with Gasteiger partial charge in [0, 0.05) is 51.2 Å². The smallest absolute Gasteiger partial charge is 0.260 e. The van der Waals surface area contributed by atoms with Crippen LogP contribution in [0.1, 0.15) is 36.9 Å². The zero-order valence-electron chi connectivity index (χ0n) is 23.2. The highest BCUT2D eigenvalue weighted by Gasteiger charge is 2.20. The van der Waals surface area contributed by atoms with E-state index in [1.807, 2.05) is 25.1 Å². The van der Waals surface area contributed by atoms with Crippen molar-refractivity contribution in [3.8, 4) is 22.3 Å². The van der Waals surface area contributed by atoms with Gasteiger partial charge in [0.15, 0.2) is 0 Å². The largest absolute Gasteiger partial charge is 0.324 e. The van der Waals surface area contributed by atoms with Gasteiger partial charge in [-0.05, 0) is 93.2 Å². The molecule has 1 aliphatic heterocycles. The van der Waals surface area contributed by atoms with Gasteiger partial charge in [0.1, 0.15) is 11.5 Å². The third-order valence-electron chi connectivity index (χ3n) is 7.80. The SMILES string of the molecule is CCn1c(=O)c(-c2ccc(-c3ccc(F)nc3C)cc2Cl)cc2cnc(Nc3ccc(C4CCNCC4)c(F)c3)nc21. The summed E-state index contributed by atoms with van der Waals surface area (Å²) in [6, 6.07) is 15.2. The fourth-order valence-corrected chi connectivity index (χ4v) is 5.92. The maximum Gasteiger partial charge on any atom is 0.260 e. The number of rotatable bonds is 6. The molecular formula is C32H29ClF2N6O. The molecule has 5 aromatic rings. The van der Waals surface area contributed by atoms with Crippen LogP contribution in [-0.4, -0.2) is 32.6 Å². The average molecular weight is 587 g/mol. The van der Waals surface area contributed by atoms with Crippen LogP contribution in [0.4, 0.5) is 20.4 Å². The fourth-order valence-electron chi connectivity index (χ4n) is 5.64. The monoisotopic (exact) mass is 586 g/mol. The van der Waals surface area contributed by atoms with E-state index in [1.165, 1.54) is 12.1 Å². The number of hydrogen-bond donors (Lipinski definition) is 2. The van der Waals surface area contributed by atoms with Crippen LogP contribution in [0.15, 0.2) is 65.6 Å². The minimum atomic E-state index is -0.548. The van der Waals surface area contributed by atoms with Crippen molar-refractivity contribution in [2.45, 2.75) is 39.2 Å². The summed E-state index contributed by atoms with van der Waals surface area (Å²) in [4.78, 5) is 26.6. The molecule has 1 saturated heterocycles. The van der Waals surface area contributed by atoms with Crippen molar-refractivity contribution in [2.24, 2.45) is 0 Å². The Morgan fingerprint density at radius 2 is 1.79 bits per heavy atom. The summed E-state index contributed by atoms with van der Waals surface area (Å²) in [6.45, 7) is 5.74. The van der Waals surface area contributed by atoms with E-state index in [0.717, 1.165) is 42.6 Å². The molecule has 2 N–H and O–H groups in total. The van der Waals surface area contributed by atoms with Gasteiger partial charge in [-0.2, -0.15) is 9.37 Å². The standard InChI is InChI=1S/C32H29ClF2N6O/c1-3-41-30-21(17-37-32(40-30)39-22-5-7-24(28(34)16-22)19-10-12-36-13-11-19)14-26(31(41)42)25-6-4-20(15-27(25)33)23-8-9-29(35)38-18(23)2/h4-9,14-17,19,36H,3,10-13H2,1-2H3,(H,37,39,40). The van der Waals surface area contributed by atoms with Crippen molar-refractivity contribution in [3.05, 3.63) is 99.2 Å². The Kier molecular flexibility index (Phi) is 7.70. The van der Waals surface area contributed by atoms with Crippen molar-refractivity contribution in [1.82, 2.24) is 24.8 Å². The third kappa shape index (κ3) is 5.37. The molecule has 42 heavy (non-hydrogen) atoms. The zero-order chi connectivity index (χ0) is 29.4. The average Bonchev–Trinajstić information content (AvgIpc) is 2.98. The van der Waals surface area contributed by atoms with Crippen molar-refractivity contribution < 1.29 is 8.78 Å². The van der Waals surface area contributed by atoms with E-state index in [0.29, 0.717) is 45.1 Å². The molecule has 0 unspecified atom stereocenters. The highest BCUT2D eigenvalue weighted by Crippen LogP contribution is 2.33. The number of hydrogen-bond acceptors (Lipinski definition) is 6. The zero-order valence-corrected chi connectivity index (χ0v) is 24.0. The normalized spacial score (nSPS) is 13.9. The molecule has 3 aromatic heterocycles. The molecule has 7 nitrogen and oxygen atoms in total. The topological polar surface area (TPSA) is 84.7 Å². The van der Waals surface area contributed by atoms with E-state index in [1.54, 1.807) is 42.0 Å². The summed E-state index contributed by atoms with van der Waals surface area (Å²) >= 11 is 6.69. The van der Waals surface area contributed by atoms with E-state index in [4.69, 9.17) is 11.6 Å². The fraction of sp³-hybridized carbons (Fsp3) is 0.250. The highest BCUT2D eigenvalue weighted by atomic mass is 35.5. The first-order valence-corrected chi connectivity index (χ1v) is 14.3. The second-order valence-electron chi connectivity index (χ2n) is 10.4. The van der Waals surface area contributed by atoms with Crippen LogP contribution in [0.2, 0.25) is 5.02 Å². The van der Waals surface area contributed by atoms with Gasteiger partial charge in [-0.15, -0.1) is 0 Å². The Hall–Kier alpha value is -4.21.